The molecule has 2 nitrogen and oxygen atoms in total. The fourth-order valence-corrected chi connectivity index (χ4v) is 1.99. The van der Waals surface area contributed by atoms with Crippen LogP contribution in [0.5, 0.6) is 0 Å². The molecule has 19 heavy (non-hydrogen) atoms. The van der Waals surface area contributed by atoms with Crippen LogP contribution in [0.2, 0.25) is 0 Å². The van der Waals surface area contributed by atoms with E-state index >= 15 is 0 Å². The minimum Gasteiger partial charge on any atom is -0.330 e. The third-order valence-electron chi connectivity index (χ3n) is 3.06. The van der Waals surface area contributed by atoms with Gasteiger partial charge in [0.2, 0.25) is 0 Å². The van der Waals surface area contributed by atoms with Crippen molar-refractivity contribution in [2.75, 3.05) is 27.7 Å². The maximum atomic E-state index is 5.45. The minimum atomic E-state index is 0.872. The quantitative estimate of drug-likeness (QED) is 0.516. The van der Waals surface area contributed by atoms with Crippen molar-refractivity contribution in [3.8, 4) is 0 Å². The third-order valence-corrected chi connectivity index (χ3v) is 3.06. The van der Waals surface area contributed by atoms with E-state index in [1.807, 2.05) is 26.0 Å². The van der Waals surface area contributed by atoms with Crippen LogP contribution in [-0.2, 0) is 0 Å². The van der Waals surface area contributed by atoms with Gasteiger partial charge in [-0.1, -0.05) is 77.6 Å². The van der Waals surface area contributed by atoms with Crippen LogP contribution < -0.4 is 5.73 Å². The Kier molecular flexibility index (Phi) is 22.6. The van der Waals surface area contributed by atoms with Gasteiger partial charge in [-0.2, -0.15) is 0 Å². The summed E-state index contributed by atoms with van der Waals surface area (Å²) in [6.07, 6.45) is 16.9. The van der Waals surface area contributed by atoms with Gasteiger partial charge in [-0.3, -0.25) is 0 Å². The van der Waals surface area contributed by atoms with Crippen LogP contribution in [0.3, 0.4) is 0 Å². The Hall–Kier alpha value is -0.0800. The summed E-state index contributed by atoms with van der Waals surface area (Å²) in [6, 6.07) is 0. The molecule has 0 spiro atoms. The van der Waals surface area contributed by atoms with E-state index < -0.39 is 0 Å². The Labute approximate surface area is 123 Å². The lowest BCUT2D eigenvalue weighted by Crippen LogP contribution is -1.99. The molecule has 0 heterocycles. The summed E-state index contributed by atoms with van der Waals surface area (Å²) in [5.41, 5.74) is 5.45. The summed E-state index contributed by atoms with van der Waals surface area (Å²) in [5, 5.41) is 0. The summed E-state index contributed by atoms with van der Waals surface area (Å²) in [7, 11) is 6.00. The molecule has 0 aliphatic heterocycles. The molecule has 0 bridgehead atoms. The van der Waals surface area contributed by atoms with Gasteiger partial charge in [0.25, 0.3) is 0 Å². The Morgan fingerprint density at radius 1 is 0.579 bits per heavy atom. The standard InChI is InChI=1S/C14H31N.C3H9N/c1-2-3-4-5-6-7-8-9-10-11-12-13-14-15;1-4(2)3/h2-15H2,1H3;1-3H3. The number of unbranched alkanes of at least 4 members (excludes halogenated alkanes) is 11. The number of nitrogens with zero attached hydrogens (tertiary/aromatic N) is 1. The fraction of sp³-hybridized carbons (Fsp3) is 1.00. The molecule has 0 aromatic carbocycles. The van der Waals surface area contributed by atoms with Crippen LogP contribution in [0.25, 0.3) is 0 Å². The van der Waals surface area contributed by atoms with Gasteiger partial charge < -0.3 is 10.6 Å². The molecule has 0 saturated carbocycles. The van der Waals surface area contributed by atoms with Gasteiger partial charge in [-0.15, -0.1) is 0 Å². The SMILES string of the molecule is CCCCCCCCCCCCCCN.CN(C)C. The van der Waals surface area contributed by atoms with E-state index in [2.05, 4.69) is 6.92 Å². The van der Waals surface area contributed by atoms with Gasteiger partial charge in [0.05, 0.1) is 0 Å². The van der Waals surface area contributed by atoms with E-state index in [0.29, 0.717) is 0 Å². The molecule has 0 atom stereocenters. The second kappa shape index (κ2) is 20.2. The van der Waals surface area contributed by atoms with Crippen molar-refractivity contribution in [1.29, 1.82) is 0 Å². The van der Waals surface area contributed by atoms with E-state index in [-0.39, 0.29) is 0 Å². The van der Waals surface area contributed by atoms with Crippen LogP contribution in [0, 0.1) is 0 Å². The Balaban J connectivity index is 0. The average Bonchev–Trinajstić information content (AvgIpc) is 2.35. The zero-order valence-corrected chi connectivity index (χ0v) is 14.2. The predicted octanol–water partition coefficient (Wildman–Crippen LogP) is 4.82. The number of nitrogens with two attached hydrogens (primary N) is 1. The molecule has 0 amide bonds. The smallest absolute Gasteiger partial charge is 0.00773 e. The summed E-state index contributed by atoms with van der Waals surface area (Å²) in [6.45, 7) is 3.15. The van der Waals surface area contributed by atoms with Crippen LogP contribution in [0.15, 0.2) is 0 Å². The maximum Gasteiger partial charge on any atom is -0.00773 e. The van der Waals surface area contributed by atoms with Crippen molar-refractivity contribution >= 4 is 0 Å². The number of hydrogen-bond acceptors (Lipinski definition) is 2. The lowest BCUT2D eigenvalue weighted by Gasteiger charge is -2.01. The van der Waals surface area contributed by atoms with Crippen molar-refractivity contribution in [2.24, 2.45) is 5.73 Å². The first-order valence-electron chi connectivity index (χ1n) is 8.46. The van der Waals surface area contributed by atoms with E-state index in [9.17, 15) is 0 Å². The molecule has 0 aliphatic rings. The zero-order chi connectivity index (χ0) is 14.8. The van der Waals surface area contributed by atoms with Crippen molar-refractivity contribution < 1.29 is 0 Å². The van der Waals surface area contributed by atoms with Crippen LogP contribution >= 0.6 is 0 Å². The molecule has 0 radical (unpaired) electrons. The normalized spacial score (nSPS) is 10.4. The largest absolute Gasteiger partial charge is 0.330 e. The molecule has 2 heteroatoms. The van der Waals surface area contributed by atoms with Gasteiger partial charge in [0, 0.05) is 0 Å². The van der Waals surface area contributed by atoms with Gasteiger partial charge in [-0.05, 0) is 34.1 Å². The lowest BCUT2D eigenvalue weighted by atomic mass is 10.1. The highest BCUT2D eigenvalue weighted by atomic mass is 15.0. The topological polar surface area (TPSA) is 29.3 Å². The summed E-state index contributed by atoms with van der Waals surface area (Å²) >= 11 is 0. The minimum absolute atomic E-state index is 0.872. The molecular weight excluding hydrogens is 232 g/mol. The molecule has 2 N–H and O–H groups in total. The predicted molar refractivity (Wildman–Crippen MR) is 89.7 cm³/mol. The summed E-state index contributed by atoms with van der Waals surface area (Å²) < 4.78 is 0. The van der Waals surface area contributed by atoms with Gasteiger partial charge >= 0.3 is 0 Å². The van der Waals surface area contributed by atoms with E-state index in [1.54, 1.807) is 0 Å². The van der Waals surface area contributed by atoms with Crippen molar-refractivity contribution in [3.63, 3.8) is 0 Å². The summed E-state index contributed by atoms with van der Waals surface area (Å²) in [4.78, 5) is 2.00. The molecule has 0 aliphatic carbocycles. The average molecular weight is 273 g/mol. The number of rotatable bonds is 12. The first kappa shape index (κ1) is 21.2. The molecular formula is C17H40N2. The summed E-state index contributed by atoms with van der Waals surface area (Å²) in [5.74, 6) is 0. The van der Waals surface area contributed by atoms with E-state index in [4.69, 9.17) is 5.73 Å². The zero-order valence-electron chi connectivity index (χ0n) is 14.2. The highest BCUT2D eigenvalue weighted by molar-refractivity contribution is 4.48. The molecule has 0 saturated heterocycles. The first-order valence-corrected chi connectivity index (χ1v) is 8.46. The van der Waals surface area contributed by atoms with Crippen molar-refractivity contribution in [1.82, 2.24) is 4.90 Å². The fourth-order valence-electron chi connectivity index (χ4n) is 1.99. The van der Waals surface area contributed by atoms with E-state index in [0.717, 1.165) is 6.54 Å². The van der Waals surface area contributed by atoms with Gasteiger partial charge in [0.1, 0.15) is 0 Å². The monoisotopic (exact) mass is 272 g/mol. The van der Waals surface area contributed by atoms with Crippen LogP contribution in [0.4, 0.5) is 0 Å². The first-order chi connectivity index (χ1) is 9.15. The van der Waals surface area contributed by atoms with Gasteiger partial charge in [-0.25, -0.2) is 0 Å². The molecule has 118 valence electrons. The highest BCUT2D eigenvalue weighted by Crippen LogP contribution is 2.11. The molecule has 0 rings (SSSR count). The molecule has 0 unspecified atom stereocenters. The Morgan fingerprint density at radius 3 is 1.11 bits per heavy atom. The van der Waals surface area contributed by atoms with Crippen molar-refractivity contribution in [2.45, 2.75) is 84.0 Å². The highest BCUT2D eigenvalue weighted by Gasteiger charge is 1.92. The number of hydrogen-bond donors (Lipinski definition) is 1. The molecule has 0 aromatic rings. The Morgan fingerprint density at radius 2 is 0.842 bits per heavy atom. The lowest BCUT2D eigenvalue weighted by molar-refractivity contribution is 0.505. The van der Waals surface area contributed by atoms with Crippen molar-refractivity contribution in [3.05, 3.63) is 0 Å². The van der Waals surface area contributed by atoms with Gasteiger partial charge in [0.15, 0.2) is 0 Å². The van der Waals surface area contributed by atoms with Crippen LogP contribution in [-0.4, -0.2) is 32.6 Å². The second-order valence-electron chi connectivity index (χ2n) is 6.02. The maximum absolute atomic E-state index is 5.45. The molecule has 0 fully saturated rings. The second-order valence-corrected chi connectivity index (χ2v) is 6.02. The third kappa shape index (κ3) is 32.0. The van der Waals surface area contributed by atoms with Crippen LogP contribution in [0.1, 0.15) is 84.0 Å². The Bertz CT molecular complexity index is 120. The molecule has 0 aromatic heterocycles. The van der Waals surface area contributed by atoms with E-state index in [1.165, 1.54) is 77.0 Å².